The Hall–Kier alpha value is -2.10. The summed E-state index contributed by atoms with van der Waals surface area (Å²) in [6, 6.07) is 10.1. The second kappa shape index (κ2) is 7.42. The van der Waals surface area contributed by atoms with E-state index in [1.54, 1.807) is 6.92 Å². The molecule has 4 heteroatoms. The van der Waals surface area contributed by atoms with E-state index in [9.17, 15) is 9.59 Å². The Morgan fingerprint density at radius 3 is 2.44 bits per heavy atom. The summed E-state index contributed by atoms with van der Waals surface area (Å²) in [5.41, 5.74) is 1.54. The Kier molecular flexibility index (Phi) is 5.26. The number of nitrogens with one attached hydrogen (secondary N) is 1. The van der Waals surface area contributed by atoms with E-state index in [1.165, 1.54) is 5.56 Å². The molecule has 1 aromatic carbocycles. The van der Waals surface area contributed by atoms with Crippen LogP contribution in [0.3, 0.4) is 0 Å². The maximum Gasteiger partial charge on any atom is 0.335 e. The maximum absolute atomic E-state index is 12.9. The first-order valence-corrected chi connectivity index (χ1v) is 9.31. The quantitative estimate of drug-likeness (QED) is 0.846. The lowest BCUT2D eigenvalue weighted by molar-refractivity contribution is -0.148. The van der Waals surface area contributed by atoms with E-state index < -0.39 is 5.60 Å². The van der Waals surface area contributed by atoms with Crippen LogP contribution in [0, 0.1) is 0 Å². The van der Waals surface area contributed by atoms with Crippen molar-refractivity contribution in [2.24, 2.45) is 0 Å². The van der Waals surface area contributed by atoms with Gasteiger partial charge in [0.1, 0.15) is 5.60 Å². The average Bonchev–Trinajstić information content (AvgIpc) is 2.77. The topological polar surface area (TPSA) is 55.4 Å². The third-order valence-electron chi connectivity index (χ3n) is 5.50. The number of rotatable bonds is 4. The molecule has 134 valence electrons. The fourth-order valence-corrected chi connectivity index (χ4v) is 4.01. The summed E-state index contributed by atoms with van der Waals surface area (Å²) in [4.78, 5) is 25.1. The molecule has 1 saturated carbocycles. The first kappa shape index (κ1) is 17.7. The highest BCUT2D eigenvalue weighted by Gasteiger charge is 2.48. The summed E-state index contributed by atoms with van der Waals surface area (Å²) in [5.74, 6) is -0.259. The number of carbonyl (C=O) groups excluding carboxylic acids is 2. The van der Waals surface area contributed by atoms with Crippen molar-refractivity contribution in [3.05, 3.63) is 47.0 Å². The van der Waals surface area contributed by atoms with Crippen molar-refractivity contribution in [3.8, 4) is 0 Å². The van der Waals surface area contributed by atoms with Crippen LogP contribution in [0.4, 0.5) is 0 Å². The summed E-state index contributed by atoms with van der Waals surface area (Å²) in [6.45, 7) is 4.36. The van der Waals surface area contributed by atoms with Crippen LogP contribution in [0.5, 0.6) is 0 Å². The van der Waals surface area contributed by atoms with Crippen molar-refractivity contribution in [3.63, 3.8) is 0 Å². The van der Waals surface area contributed by atoms with Gasteiger partial charge in [-0.3, -0.25) is 4.79 Å². The van der Waals surface area contributed by atoms with Gasteiger partial charge >= 0.3 is 5.97 Å². The van der Waals surface area contributed by atoms with E-state index in [-0.39, 0.29) is 17.8 Å². The van der Waals surface area contributed by atoms with E-state index in [0.29, 0.717) is 17.7 Å². The van der Waals surface area contributed by atoms with E-state index in [2.05, 4.69) is 24.4 Å². The molecule has 1 heterocycles. The van der Waals surface area contributed by atoms with Gasteiger partial charge in [-0.2, -0.15) is 0 Å². The smallest absolute Gasteiger partial charge is 0.335 e. The van der Waals surface area contributed by atoms with Gasteiger partial charge in [-0.25, -0.2) is 4.79 Å². The van der Waals surface area contributed by atoms with Gasteiger partial charge < -0.3 is 10.1 Å². The number of amides is 1. The van der Waals surface area contributed by atoms with Crippen molar-refractivity contribution in [2.45, 2.75) is 63.9 Å². The number of carbonyl (C=O) groups is 2. The van der Waals surface area contributed by atoms with Crippen LogP contribution in [0.1, 0.15) is 63.9 Å². The second-order valence-corrected chi connectivity index (χ2v) is 7.32. The lowest BCUT2D eigenvalue weighted by atomic mass is 9.84. The molecule has 1 N–H and O–H groups in total. The molecule has 0 radical (unpaired) electrons. The maximum atomic E-state index is 12.9. The zero-order valence-electron chi connectivity index (χ0n) is 15.1. The minimum absolute atomic E-state index is 0.145. The SMILES string of the molecule is CC1=C(C(=O)NCC(C)c2ccccc2)C2(CCCCCC2)OC1=O. The van der Waals surface area contributed by atoms with Crippen LogP contribution in [0.2, 0.25) is 0 Å². The molecule has 1 spiro atoms. The zero-order valence-corrected chi connectivity index (χ0v) is 15.1. The van der Waals surface area contributed by atoms with E-state index in [4.69, 9.17) is 4.74 Å². The number of hydrogen-bond donors (Lipinski definition) is 1. The highest BCUT2D eigenvalue weighted by molar-refractivity contribution is 6.07. The van der Waals surface area contributed by atoms with Gasteiger partial charge in [0.05, 0.1) is 5.57 Å². The normalized spacial score (nSPS) is 21.0. The van der Waals surface area contributed by atoms with Crippen LogP contribution in [-0.2, 0) is 14.3 Å². The molecule has 0 bridgehead atoms. The van der Waals surface area contributed by atoms with Crippen molar-refractivity contribution < 1.29 is 14.3 Å². The molecule has 1 fully saturated rings. The average molecular weight is 341 g/mol. The van der Waals surface area contributed by atoms with Crippen LogP contribution in [0.15, 0.2) is 41.5 Å². The van der Waals surface area contributed by atoms with E-state index in [1.807, 2.05) is 18.2 Å². The molecular weight excluding hydrogens is 314 g/mol. The van der Waals surface area contributed by atoms with Crippen molar-refractivity contribution >= 4 is 11.9 Å². The summed E-state index contributed by atoms with van der Waals surface area (Å²) in [5, 5.41) is 3.04. The van der Waals surface area contributed by atoms with E-state index in [0.717, 1.165) is 38.5 Å². The third kappa shape index (κ3) is 3.63. The van der Waals surface area contributed by atoms with Crippen molar-refractivity contribution in [1.82, 2.24) is 5.32 Å². The van der Waals surface area contributed by atoms with Crippen molar-refractivity contribution in [2.75, 3.05) is 6.54 Å². The summed E-state index contributed by atoms with van der Waals surface area (Å²) in [6.07, 6.45) is 5.78. The first-order chi connectivity index (χ1) is 12.0. The monoisotopic (exact) mass is 341 g/mol. The predicted molar refractivity (Wildman–Crippen MR) is 97.1 cm³/mol. The number of hydrogen-bond acceptors (Lipinski definition) is 3. The summed E-state index contributed by atoms with van der Waals surface area (Å²) < 4.78 is 5.73. The Bertz CT molecular complexity index is 670. The molecule has 1 aliphatic carbocycles. The predicted octanol–water partition coefficient (Wildman–Crippen LogP) is 3.87. The van der Waals surface area contributed by atoms with Crippen molar-refractivity contribution in [1.29, 1.82) is 0 Å². The van der Waals surface area contributed by atoms with E-state index >= 15 is 0 Å². The Morgan fingerprint density at radius 1 is 1.16 bits per heavy atom. The van der Waals surface area contributed by atoms with Gasteiger partial charge in [0.25, 0.3) is 5.91 Å². The molecule has 0 aromatic heterocycles. The Morgan fingerprint density at radius 2 is 1.80 bits per heavy atom. The van der Waals surface area contributed by atoms with Gasteiger partial charge in [-0.05, 0) is 44.1 Å². The minimum Gasteiger partial charge on any atom is -0.451 e. The highest BCUT2D eigenvalue weighted by atomic mass is 16.6. The lowest BCUT2D eigenvalue weighted by Crippen LogP contribution is -2.40. The van der Waals surface area contributed by atoms with Crippen LogP contribution < -0.4 is 5.32 Å². The number of ether oxygens (including phenoxy) is 1. The van der Waals surface area contributed by atoms with Gasteiger partial charge in [-0.1, -0.05) is 50.1 Å². The molecule has 1 atom stereocenters. The van der Waals surface area contributed by atoms with Gasteiger partial charge in [0.2, 0.25) is 0 Å². The zero-order chi connectivity index (χ0) is 17.9. The molecule has 1 unspecified atom stereocenters. The molecule has 0 saturated heterocycles. The molecule has 4 nitrogen and oxygen atoms in total. The summed E-state index contributed by atoms with van der Waals surface area (Å²) in [7, 11) is 0. The van der Waals surface area contributed by atoms with Crippen LogP contribution in [0.25, 0.3) is 0 Å². The Labute approximate surface area is 149 Å². The number of benzene rings is 1. The fourth-order valence-electron chi connectivity index (χ4n) is 4.01. The second-order valence-electron chi connectivity index (χ2n) is 7.32. The van der Waals surface area contributed by atoms with Gasteiger partial charge in [-0.15, -0.1) is 0 Å². The molecule has 1 aliphatic heterocycles. The lowest BCUT2D eigenvalue weighted by Gasteiger charge is -2.29. The number of esters is 1. The Balaban J connectivity index is 1.73. The van der Waals surface area contributed by atoms with Gasteiger partial charge in [0, 0.05) is 12.1 Å². The molecule has 3 rings (SSSR count). The largest absolute Gasteiger partial charge is 0.451 e. The standard InChI is InChI=1S/C21H27NO3/c1-15(17-10-6-5-7-11-17)14-22-19(23)18-16(2)20(24)25-21(18)12-8-3-4-9-13-21/h5-7,10-11,15H,3-4,8-9,12-14H2,1-2H3,(H,22,23). The minimum atomic E-state index is -0.697. The summed E-state index contributed by atoms with van der Waals surface area (Å²) >= 11 is 0. The van der Waals surface area contributed by atoms with Crippen LogP contribution in [-0.4, -0.2) is 24.0 Å². The molecular formula is C21H27NO3. The fraction of sp³-hybridized carbons (Fsp3) is 0.524. The molecule has 1 aromatic rings. The molecule has 1 amide bonds. The van der Waals surface area contributed by atoms with Crippen LogP contribution >= 0.6 is 0 Å². The first-order valence-electron chi connectivity index (χ1n) is 9.31. The molecule has 25 heavy (non-hydrogen) atoms. The third-order valence-corrected chi connectivity index (χ3v) is 5.50. The highest BCUT2D eigenvalue weighted by Crippen LogP contribution is 2.42. The molecule has 2 aliphatic rings. The van der Waals surface area contributed by atoms with Gasteiger partial charge in [0.15, 0.2) is 0 Å².